The van der Waals surface area contributed by atoms with Gasteiger partial charge in [0.05, 0.1) is 0 Å². The lowest BCUT2D eigenvalue weighted by Crippen LogP contribution is -2.40. The molecule has 0 spiro atoms. The zero-order valence-corrected chi connectivity index (χ0v) is 8.00. The monoisotopic (exact) mass is 167 g/mol. The molecule has 2 atom stereocenters. The number of rotatable bonds is 1. The van der Waals surface area contributed by atoms with Crippen molar-refractivity contribution in [1.29, 1.82) is 0 Å². The molecule has 0 aromatic heterocycles. The van der Waals surface area contributed by atoms with Gasteiger partial charge >= 0.3 is 0 Å². The van der Waals surface area contributed by atoms with Crippen LogP contribution in [0.25, 0.3) is 0 Å². The number of amides is 1. The van der Waals surface area contributed by atoms with Gasteiger partial charge in [0.1, 0.15) is 0 Å². The van der Waals surface area contributed by atoms with Crippen LogP contribution in [-0.4, -0.2) is 5.91 Å². The Labute approximate surface area is 73.8 Å². The van der Waals surface area contributed by atoms with E-state index in [9.17, 15) is 4.79 Å². The fourth-order valence-corrected chi connectivity index (χ4v) is 2.18. The zero-order valence-electron chi connectivity index (χ0n) is 8.00. The first kappa shape index (κ1) is 9.30. The van der Waals surface area contributed by atoms with Crippen molar-refractivity contribution in [2.45, 2.75) is 27.2 Å². The van der Waals surface area contributed by atoms with Gasteiger partial charge < -0.3 is 5.73 Å². The maximum absolute atomic E-state index is 11.2. The molecule has 0 bridgehead atoms. The summed E-state index contributed by atoms with van der Waals surface area (Å²) in [6, 6.07) is 0. The van der Waals surface area contributed by atoms with E-state index in [0.29, 0.717) is 0 Å². The molecule has 0 radical (unpaired) electrons. The van der Waals surface area contributed by atoms with E-state index in [1.165, 1.54) is 0 Å². The summed E-state index contributed by atoms with van der Waals surface area (Å²) in [7, 11) is 0. The van der Waals surface area contributed by atoms with Gasteiger partial charge in [-0.25, -0.2) is 0 Å². The molecule has 0 aliphatic heterocycles. The Bertz CT molecular complexity index is 218. The molecule has 1 aliphatic carbocycles. The van der Waals surface area contributed by atoms with Gasteiger partial charge in [-0.1, -0.05) is 32.9 Å². The van der Waals surface area contributed by atoms with Crippen LogP contribution >= 0.6 is 0 Å². The highest BCUT2D eigenvalue weighted by Gasteiger charge is 2.38. The number of hydrogen-bond donors (Lipinski definition) is 1. The first-order valence-electron chi connectivity index (χ1n) is 4.41. The lowest BCUT2D eigenvalue weighted by molar-refractivity contribution is -0.127. The minimum absolute atomic E-state index is 0.0116. The summed E-state index contributed by atoms with van der Waals surface area (Å²) in [5, 5.41) is 0. The highest BCUT2D eigenvalue weighted by atomic mass is 16.1. The molecule has 0 aromatic rings. The number of carbonyl (C=O) groups excluding carboxylic acids is 1. The number of hydrogen-bond acceptors (Lipinski definition) is 1. The van der Waals surface area contributed by atoms with E-state index in [1.54, 1.807) is 0 Å². The van der Waals surface area contributed by atoms with Crippen LogP contribution in [0.15, 0.2) is 12.2 Å². The molecule has 1 amide bonds. The first-order valence-corrected chi connectivity index (χ1v) is 4.41. The fraction of sp³-hybridized carbons (Fsp3) is 0.700. The molecule has 0 heterocycles. The van der Waals surface area contributed by atoms with E-state index in [1.807, 2.05) is 6.92 Å². The summed E-state index contributed by atoms with van der Waals surface area (Å²) < 4.78 is 0. The predicted molar refractivity (Wildman–Crippen MR) is 49.4 cm³/mol. The Balaban J connectivity index is 2.92. The minimum atomic E-state index is -0.170. The molecule has 12 heavy (non-hydrogen) atoms. The molecule has 2 heteroatoms. The summed E-state index contributed by atoms with van der Waals surface area (Å²) in [6.45, 7) is 6.25. The Morgan fingerprint density at radius 3 is 2.50 bits per heavy atom. The Morgan fingerprint density at radius 1 is 1.58 bits per heavy atom. The van der Waals surface area contributed by atoms with Crippen LogP contribution < -0.4 is 5.73 Å². The van der Waals surface area contributed by atoms with Crippen molar-refractivity contribution >= 4 is 5.91 Å². The van der Waals surface area contributed by atoms with Gasteiger partial charge in [-0.15, -0.1) is 0 Å². The minimum Gasteiger partial charge on any atom is -0.369 e. The summed E-state index contributed by atoms with van der Waals surface area (Å²) in [6.07, 6.45) is 5.18. The van der Waals surface area contributed by atoms with Gasteiger partial charge in [-0.3, -0.25) is 4.79 Å². The van der Waals surface area contributed by atoms with E-state index in [-0.39, 0.29) is 23.2 Å². The number of nitrogens with two attached hydrogens (primary N) is 1. The lowest BCUT2D eigenvalue weighted by atomic mass is 9.67. The lowest BCUT2D eigenvalue weighted by Gasteiger charge is -2.37. The van der Waals surface area contributed by atoms with Crippen molar-refractivity contribution in [3.63, 3.8) is 0 Å². The summed E-state index contributed by atoms with van der Waals surface area (Å²) in [4.78, 5) is 11.2. The molecule has 2 nitrogen and oxygen atoms in total. The maximum atomic E-state index is 11.2. The van der Waals surface area contributed by atoms with Crippen molar-refractivity contribution in [2.24, 2.45) is 23.0 Å². The Morgan fingerprint density at radius 2 is 2.17 bits per heavy atom. The third-order valence-corrected chi connectivity index (χ3v) is 2.76. The average molecular weight is 167 g/mol. The standard InChI is InChI=1S/C10H17NO/c1-7-5-4-6-10(2,3)8(7)9(11)12/h4-5,7-8H,6H2,1-3H3,(H2,11,12). The van der Waals surface area contributed by atoms with Crippen LogP contribution in [0.3, 0.4) is 0 Å². The molecule has 0 aromatic carbocycles. The summed E-state index contributed by atoms with van der Waals surface area (Å²) >= 11 is 0. The van der Waals surface area contributed by atoms with Crippen LogP contribution in [0.2, 0.25) is 0 Å². The third kappa shape index (κ3) is 1.52. The highest BCUT2D eigenvalue weighted by Crippen LogP contribution is 2.39. The van der Waals surface area contributed by atoms with E-state index in [4.69, 9.17) is 5.73 Å². The van der Waals surface area contributed by atoms with Crippen molar-refractivity contribution in [2.75, 3.05) is 0 Å². The SMILES string of the molecule is CC1C=CCC(C)(C)C1C(N)=O. The van der Waals surface area contributed by atoms with E-state index < -0.39 is 0 Å². The molecule has 1 aliphatic rings. The number of carbonyl (C=O) groups is 1. The van der Waals surface area contributed by atoms with Crippen molar-refractivity contribution in [1.82, 2.24) is 0 Å². The zero-order chi connectivity index (χ0) is 9.35. The molecule has 2 unspecified atom stereocenters. The summed E-state index contributed by atoms with van der Waals surface area (Å²) in [5.74, 6) is 0.102. The molecule has 1 rings (SSSR count). The van der Waals surface area contributed by atoms with Gasteiger partial charge in [-0.2, -0.15) is 0 Å². The third-order valence-electron chi connectivity index (χ3n) is 2.76. The first-order chi connectivity index (χ1) is 5.45. The Hall–Kier alpha value is -0.790. The van der Waals surface area contributed by atoms with Gasteiger partial charge in [0.25, 0.3) is 0 Å². The van der Waals surface area contributed by atoms with Crippen molar-refractivity contribution in [3.8, 4) is 0 Å². The fourth-order valence-electron chi connectivity index (χ4n) is 2.18. The molecule has 0 saturated carbocycles. The van der Waals surface area contributed by atoms with Gasteiger partial charge in [0, 0.05) is 5.92 Å². The molecule has 2 N–H and O–H groups in total. The van der Waals surface area contributed by atoms with Crippen LogP contribution in [0.4, 0.5) is 0 Å². The molecular weight excluding hydrogens is 150 g/mol. The van der Waals surface area contributed by atoms with Crippen LogP contribution in [0, 0.1) is 17.3 Å². The molecule has 68 valence electrons. The van der Waals surface area contributed by atoms with Crippen molar-refractivity contribution in [3.05, 3.63) is 12.2 Å². The maximum Gasteiger partial charge on any atom is 0.221 e. The predicted octanol–water partition coefficient (Wildman–Crippen LogP) is 1.71. The van der Waals surface area contributed by atoms with Gasteiger partial charge in [0.15, 0.2) is 0 Å². The van der Waals surface area contributed by atoms with E-state index in [0.717, 1.165) is 6.42 Å². The van der Waals surface area contributed by atoms with Gasteiger partial charge in [0.2, 0.25) is 5.91 Å². The van der Waals surface area contributed by atoms with E-state index in [2.05, 4.69) is 26.0 Å². The van der Waals surface area contributed by atoms with E-state index >= 15 is 0 Å². The second-order valence-electron chi connectivity index (χ2n) is 4.36. The second-order valence-corrected chi connectivity index (χ2v) is 4.36. The Kier molecular flexibility index (Phi) is 2.27. The molecule has 0 saturated heterocycles. The number of primary amides is 1. The highest BCUT2D eigenvalue weighted by molar-refractivity contribution is 5.78. The normalized spacial score (nSPS) is 33.2. The van der Waals surface area contributed by atoms with Gasteiger partial charge in [-0.05, 0) is 17.8 Å². The molecule has 0 fully saturated rings. The van der Waals surface area contributed by atoms with Crippen LogP contribution in [-0.2, 0) is 4.79 Å². The smallest absolute Gasteiger partial charge is 0.221 e. The van der Waals surface area contributed by atoms with Crippen LogP contribution in [0.1, 0.15) is 27.2 Å². The summed E-state index contributed by atoms with van der Waals surface area (Å²) in [5.41, 5.74) is 5.39. The largest absolute Gasteiger partial charge is 0.369 e. The molecular formula is C10H17NO. The quantitative estimate of drug-likeness (QED) is 0.593. The second kappa shape index (κ2) is 2.92. The van der Waals surface area contributed by atoms with Crippen molar-refractivity contribution < 1.29 is 4.79 Å². The topological polar surface area (TPSA) is 43.1 Å². The van der Waals surface area contributed by atoms with Crippen LogP contribution in [0.5, 0.6) is 0 Å². The number of allylic oxidation sites excluding steroid dienone is 2. The average Bonchev–Trinajstić information content (AvgIpc) is 1.82.